The Morgan fingerprint density at radius 1 is 1.04 bits per heavy atom. The number of nitrogens with zero attached hydrogens (tertiary/aromatic N) is 2. The maximum Gasteiger partial charge on any atom is 0.237 e. The van der Waals surface area contributed by atoms with E-state index < -0.39 is 0 Å². The second-order valence-corrected chi connectivity index (χ2v) is 8.16. The van der Waals surface area contributed by atoms with E-state index in [1.807, 2.05) is 23.1 Å². The van der Waals surface area contributed by atoms with Gasteiger partial charge in [0.05, 0.1) is 33.5 Å². The highest BCUT2D eigenvalue weighted by Crippen LogP contribution is 2.27. The predicted molar refractivity (Wildman–Crippen MR) is 109 cm³/mol. The molecule has 0 radical (unpaired) electrons. The normalized spacial score (nSPS) is 22.0. The monoisotopic (exact) mass is 390 g/mol. The number of hydrogen-bond acceptors (Lipinski definition) is 5. The quantitative estimate of drug-likeness (QED) is 0.716. The molecule has 3 rings (SSSR count). The highest BCUT2D eigenvalue weighted by atomic mass is 16.5. The summed E-state index contributed by atoms with van der Waals surface area (Å²) in [7, 11) is 3.30. The third kappa shape index (κ3) is 5.17. The van der Waals surface area contributed by atoms with Crippen LogP contribution in [0.1, 0.15) is 45.1 Å². The van der Waals surface area contributed by atoms with E-state index in [1.165, 1.54) is 25.7 Å². The highest BCUT2D eigenvalue weighted by Gasteiger charge is 2.34. The van der Waals surface area contributed by atoms with E-state index in [-0.39, 0.29) is 18.1 Å². The van der Waals surface area contributed by atoms with Crippen molar-refractivity contribution >= 4 is 5.91 Å². The van der Waals surface area contributed by atoms with Crippen LogP contribution >= 0.6 is 0 Å². The van der Waals surface area contributed by atoms with E-state index in [9.17, 15) is 4.79 Å². The standard InChI is InChI=1S/C22H34N2O4/c1-16(2)24-13-21(12-23(14-22(24)25)18-7-5-6-8-18)28-15-17-9-19(26-3)11-20(10-17)27-4/h9-11,16,18,21H,5-8,12-15H2,1-4H3. The van der Waals surface area contributed by atoms with Gasteiger partial charge in [-0.05, 0) is 44.4 Å². The molecule has 1 aromatic rings. The number of amides is 1. The fourth-order valence-corrected chi connectivity index (χ4v) is 4.29. The summed E-state index contributed by atoms with van der Waals surface area (Å²) in [6, 6.07) is 6.49. The van der Waals surface area contributed by atoms with Gasteiger partial charge in [-0.3, -0.25) is 9.69 Å². The van der Waals surface area contributed by atoms with Crippen molar-refractivity contribution in [1.29, 1.82) is 0 Å². The van der Waals surface area contributed by atoms with E-state index in [2.05, 4.69) is 18.7 Å². The topological polar surface area (TPSA) is 51.2 Å². The first-order valence-electron chi connectivity index (χ1n) is 10.4. The summed E-state index contributed by atoms with van der Waals surface area (Å²) < 4.78 is 17.0. The first-order chi connectivity index (χ1) is 13.5. The largest absolute Gasteiger partial charge is 0.497 e. The Balaban J connectivity index is 1.71. The van der Waals surface area contributed by atoms with Crippen LogP contribution < -0.4 is 9.47 Å². The molecule has 28 heavy (non-hydrogen) atoms. The Bertz CT molecular complexity index is 636. The average molecular weight is 391 g/mol. The maximum atomic E-state index is 12.8. The van der Waals surface area contributed by atoms with Gasteiger partial charge >= 0.3 is 0 Å². The second kappa shape index (κ2) is 9.61. The Morgan fingerprint density at radius 2 is 1.68 bits per heavy atom. The number of rotatable bonds is 7. The van der Waals surface area contributed by atoms with Gasteiger partial charge in [0.1, 0.15) is 11.5 Å². The summed E-state index contributed by atoms with van der Waals surface area (Å²) in [5, 5.41) is 0. The lowest BCUT2D eigenvalue weighted by atomic mass is 10.2. The van der Waals surface area contributed by atoms with Gasteiger partial charge < -0.3 is 19.1 Å². The summed E-state index contributed by atoms with van der Waals surface area (Å²) in [6.07, 6.45) is 4.90. The maximum absolute atomic E-state index is 12.8. The van der Waals surface area contributed by atoms with E-state index in [1.54, 1.807) is 14.2 Å². The van der Waals surface area contributed by atoms with Crippen molar-refractivity contribution in [1.82, 2.24) is 9.80 Å². The molecule has 1 saturated carbocycles. The van der Waals surface area contributed by atoms with Crippen molar-refractivity contribution in [3.63, 3.8) is 0 Å². The molecule has 1 saturated heterocycles. The van der Waals surface area contributed by atoms with Crippen molar-refractivity contribution in [2.24, 2.45) is 0 Å². The first kappa shape index (κ1) is 20.9. The molecular weight excluding hydrogens is 356 g/mol. The number of ether oxygens (including phenoxy) is 3. The number of hydrogen-bond donors (Lipinski definition) is 0. The number of carbonyl (C=O) groups is 1. The molecule has 0 aromatic heterocycles. The van der Waals surface area contributed by atoms with E-state index >= 15 is 0 Å². The Kier molecular flexibility index (Phi) is 7.18. The Hall–Kier alpha value is -1.79. The summed E-state index contributed by atoms with van der Waals surface area (Å²) in [5.41, 5.74) is 1.01. The van der Waals surface area contributed by atoms with Crippen LogP contribution in [0.2, 0.25) is 0 Å². The molecule has 1 heterocycles. The average Bonchev–Trinajstić information content (AvgIpc) is 3.17. The van der Waals surface area contributed by atoms with E-state index in [0.29, 0.717) is 25.7 Å². The number of methoxy groups -OCH3 is 2. The number of carbonyl (C=O) groups excluding carboxylic acids is 1. The van der Waals surface area contributed by atoms with E-state index in [0.717, 1.165) is 23.6 Å². The molecule has 156 valence electrons. The Morgan fingerprint density at radius 3 is 2.25 bits per heavy atom. The molecule has 0 spiro atoms. The van der Waals surface area contributed by atoms with E-state index in [4.69, 9.17) is 14.2 Å². The number of benzene rings is 1. The minimum atomic E-state index is -0.00774. The zero-order chi connectivity index (χ0) is 20.1. The molecule has 1 aromatic carbocycles. The van der Waals surface area contributed by atoms with Crippen molar-refractivity contribution in [2.45, 2.75) is 64.3 Å². The molecule has 6 heteroatoms. The van der Waals surface area contributed by atoms with Gasteiger partial charge in [0, 0.05) is 31.2 Å². The first-order valence-corrected chi connectivity index (χ1v) is 10.4. The van der Waals surface area contributed by atoms with Crippen molar-refractivity contribution in [3.8, 4) is 11.5 Å². The summed E-state index contributed by atoms with van der Waals surface area (Å²) in [6.45, 7) is 6.58. The zero-order valence-corrected chi connectivity index (χ0v) is 17.6. The predicted octanol–water partition coefficient (Wildman–Crippen LogP) is 3.08. The smallest absolute Gasteiger partial charge is 0.237 e. The van der Waals surface area contributed by atoms with Crippen molar-refractivity contribution < 1.29 is 19.0 Å². The van der Waals surface area contributed by atoms with Gasteiger partial charge in [-0.15, -0.1) is 0 Å². The van der Waals surface area contributed by atoms with Gasteiger partial charge in [0.25, 0.3) is 0 Å². The molecule has 1 amide bonds. The summed E-state index contributed by atoms with van der Waals surface area (Å²) in [5.74, 6) is 1.73. The fraction of sp³-hybridized carbons (Fsp3) is 0.682. The third-order valence-electron chi connectivity index (χ3n) is 5.86. The zero-order valence-electron chi connectivity index (χ0n) is 17.6. The Labute approximate surface area is 168 Å². The van der Waals surface area contributed by atoms with Crippen molar-refractivity contribution in [3.05, 3.63) is 23.8 Å². The van der Waals surface area contributed by atoms with Crippen LogP contribution in [0.5, 0.6) is 11.5 Å². The minimum absolute atomic E-state index is 0.00774. The minimum Gasteiger partial charge on any atom is -0.497 e. The molecule has 2 aliphatic rings. The highest BCUT2D eigenvalue weighted by molar-refractivity contribution is 5.79. The molecule has 6 nitrogen and oxygen atoms in total. The molecular formula is C22H34N2O4. The molecule has 1 unspecified atom stereocenters. The fourth-order valence-electron chi connectivity index (χ4n) is 4.29. The molecule has 1 aliphatic heterocycles. The lowest BCUT2D eigenvalue weighted by molar-refractivity contribution is -0.133. The van der Waals surface area contributed by atoms with Gasteiger partial charge in [-0.25, -0.2) is 0 Å². The van der Waals surface area contributed by atoms with Crippen molar-refractivity contribution in [2.75, 3.05) is 33.9 Å². The van der Waals surface area contributed by atoms with Crippen LogP contribution in [-0.4, -0.2) is 67.7 Å². The van der Waals surface area contributed by atoms with Crippen LogP contribution in [0.25, 0.3) is 0 Å². The van der Waals surface area contributed by atoms with Gasteiger partial charge in [0.15, 0.2) is 0 Å². The van der Waals surface area contributed by atoms with Crippen LogP contribution in [0, 0.1) is 0 Å². The second-order valence-electron chi connectivity index (χ2n) is 8.16. The molecule has 0 bridgehead atoms. The van der Waals surface area contributed by atoms with Gasteiger partial charge in [-0.1, -0.05) is 12.8 Å². The van der Waals surface area contributed by atoms with Gasteiger partial charge in [0.2, 0.25) is 5.91 Å². The molecule has 0 N–H and O–H groups in total. The lowest BCUT2D eigenvalue weighted by Gasteiger charge is -2.28. The summed E-state index contributed by atoms with van der Waals surface area (Å²) in [4.78, 5) is 17.1. The molecule has 1 aliphatic carbocycles. The van der Waals surface area contributed by atoms with Crippen LogP contribution in [0.15, 0.2) is 18.2 Å². The summed E-state index contributed by atoms with van der Waals surface area (Å²) >= 11 is 0. The SMILES string of the molecule is COc1cc(COC2CN(C3CCCC3)CC(=O)N(C(C)C)C2)cc(OC)c1. The van der Waals surface area contributed by atoms with Crippen LogP contribution in [0.4, 0.5) is 0 Å². The van der Waals surface area contributed by atoms with Crippen LogP contribution in [-0.2, 0) is 16.1 Å². The third-order valence-corrected chi connectivity index (χ3v) is 5.86. The van der Waals surface area contributed by atoms with Crippen LogP contribution in [0.3, 0.4) is 0 Å². The molecule has 1 atom stereocenters. The lowest BCUT2D eigenvalue weighted by Crippen LogP contribution is -2.43. The van der Waals surface area contributed by atoms with Gasteiger partial charge in [-0.2, -0.15) is 0 Å². The molecule has 2 fully saturated rings.